The molecular formula is C22H22F2N4O4S. The SMILES string of the molecule is COc1cccc(N(Cc2ccc(-c3nnc(C(F)F)o3)cc2)C(=O)N2CCS(=O)CC2)c1. The van der Waals surface area contributed by atoms with Crippen LogP contribution in [0.15, 0.2) is 52.9 Å². The van der Waals surface area contributed by atoms with Crippen LogP contribution in [0.3, 0.4) is 0 Å². The molecule has 174 valence electrons. The van der Waals surface area contributed by atoms with E-state index in [-0.39, 0.29) is 18.5 Å². The van der Waals surface area contributed by atoms with Gasteiger partial charge in [0.05, 0.1) is 13.7 Å². The van der Waals surface area contributed by atoms with Crippen molar-refractivity contribution in [1.29, 1.82) is 0 Å². The van der Waals surface area contributed by atoms with Crippen molar-refractivity contribution in [2.24, 2.45) is 0 Å². The number of benzene rings is 2. The number of hydrogen-bond acceptors (Lipinski definition) is 6. The second-order valence-electron chi connectivity index (χ2n) is 7.35. The Labute approximate surface area is 191 Å². The summed E-state index contributed by atoms with van der Waals surface area (Å²) in [5, 5.41) is 6.99. The van der Waals surface area contributed by atoms with E-state index in [1.54, 1.807) is 59.4 Å². The molecule has 0 bridgehead atoms. The molecule has 0 aliphatic carbocycles. The van der Waals surface area contributed by atoms with Gasteiger partial charge in [-0.1, -0.05) is 18.2 Å². The number of methoxy groups -OCH3 is 1. The van der Waals surface area contributed by atoms with E-state index in [4.69, 9.17) is 9.15 Å². The van der Waals surface area contributed by atoms with Crippen LogP contribution in [0.1, 0.15) is 17.9 Å². The molecule has 0 saturated carbocycles. The topological polar surface area (TPSA) is 88.8 Å². The molecule has 3 aromatic rings. The lowest BCUT2D eigenvalue weighted by Gasteiger charge is -2.33. The molecule has 0 radical (unpaired) electrons. The molecule has 11 heteroatoms. The fourth-order valence-electron chi connectivity index (χ4n) is 3.42. The molecule has 1 aliphatic heterocycles. The van der Waals surface area contributed by atoms with Crippen LogP contribution in [0, 0.1) is 0 Å². The first kappa shape index (κ1) is 22.8. The van der Waals surface area contributed by atoms with Crippen LogP contribution in [-0.2, 0) is 17.3 Å². The minimum atomic E-state index is -2.83. The second kappa shape index (κ2) is 10.1. The molecule has 1 aromatic heterocycles. The highest BCUT2D eigenvalue weighted by Crippen LogP contribution is 2.27. The molecule has 1 fully saturated rings. The third-order valence-corrected chi connectivity index (χ3v) is 6.49. The largest absolute Gasteiger partial charge is 0.497 e. The van der Waals surface area contributed by atoms with Crippen molar-refractivity contribution < 1.29 is 26.9 Å². The van der Waals surface area contributed by atoms with Gasteiger partial charge >= 0.3 is 12.5 Å². The number of halogens is 2. The van der Waals surface area contributed by atoms with Crippen molar-refractivity contribution in [2.75, 3.05) is 36.6 Å². The summed E-state index contributed by atoms with van der Waals surface area (Å²) < 4.78 is 47.4. The van der Waals surface area contributed by atoms with Crippen molar-refractivity contribution in [3.63, 3.8) is 0 Å². The van der Waals surface area contributed by atoms with E-state index in [0.717, 1.165) is 5.56 Å². The maximum absolute atomic E-state index is 13.4. The average molecular weight is 477 g/mol. The highest BCUT2D eigenvalue weighted by molar-refractivity contribution is 7.85. The van der Waals surface area contributed by atoms with Crippen molar-refractivity contribution in [2.45, 2.75) is 13.0 Å². The molecule has 2 amide bonds. The van der Waals surface area contributed by atoms with Gasteiger partial charge in [-0.2, -0.15) is 8.78 Å². The third-order valence-electron chi connectivity index (χ3n) is 5.21. The summed E-state index contributed by atoms with van der Waals surface area (Å²) in [7, 11) is 0.657. The van der Waals surface area contributed by atoms with E-state index in [1.807, 2.05) is 6.07 Å². The molecule has 1 aliphatic rings. The number of amides is 2. The first-order chi connectivity index (χ1) is 15.9. The number of rotatable bonds is 6. The summed E-state index contributed by atoms with van der Waals surface area (Å²) in [6, 6.07) is 13.9. The number of alkyl halides is 2. The minimum Gasteiger partial charge on any atom is -0.497 e. The Kier molecular flexibility index (Phi) is 6.97. The highest BCUT2D eigenvalue weighted by atomic mass is 32.2. The van der Waals surface area contributed by atoms with E-state index in [2.05, 4.69) is 10.2 Å². The van der Waals surface area contributed by atoms with E-state index in [1.165, 1.54) is 0 Å². The highest BCUT2D eigenvalue weighted by Gasteiger charge is 2.26. The third kappa shape index (κ3) is 5.36. The molecule has 33 heavy (non-hydrogen) atoms. The van der Waals surface area contributed by atoms with E-state index >= 15 is 0 Å². The Hall–Kier alpha value is -3.34. The Bertz CT molecular complexity index is 1130. The summed E-state index contributed by atoms with van der Waals surface area (Å²) in [6.07, 6.45) is -2.83. The van der Waals surface area contributed by atoms with Gasteiger partial charge in [0.15, 0.2) is 0 Å². The lowest BCUT2D eigenvalue weighted by Crippen LogP contribution is -2.48. The molecule has 4 rings (SSSR count). The van der Waals surface area contributed by atoms with Crippen LogP contribution in [0.2, 0.25) is 0 Å². The molecule has 1 saturated heterocycles. The monoisotopic (exact) mass is 476 g/mol. The molecular weight excluding hydrogens is 454 g/mol. The number of aromatic nitrogens is 2. The van der Waals surface area contributed by atoms with Crippen LogP contribution in [0.25, 0.3) is 11.5 Å². The molecule has 0 N–H and O–H groups in total. The predicted molar refractivity (Wildman–Crippen MR) is 119 cm³/mol. The lowest BCUT2D eigenvalue weighted by molar-refractivity contribution is 0.116. The van der Waals surface area contributed by atoms with Gasteiger partial charge in [0.1, 0.15) is 5.75 Å². The standard InChI is InChI=1S/C22H22F2N4O4S/c1-31-18-4-2-3-17(13-18)28(22(29)27-9-11-33(30)12-10-27)14-15-5-7-16(8-6-15)20-25-26-21(32-20)19(23)24/h2-8,13,19H,9-12,14H2,1H3. The molecule has 2 heterocycles. The van der Waals surface area contributed by atoms with Gasteiger partial charge < -0.3 is 14.1 Å². The van der Waals surface area contributed by atoms with Crippen LogP contribution in [0.5, 0.6) is 5.75 Å². The zero-order valence-electron chi connectivity index (χ0n) is 17.8. The summed E-state index contributed by atoms with van der Waals surface area (Å²) in [5.74, 6) is 0.797. The summed E-state index contributed by atoms with van der Waals surface area (Å²) in [5.41, 5.74) is 1.97. The van der Waals surface area contributed by atoms with Crippen molar-refractivity contribution in [3.8, 4) is 17.2 Å². The van der Waals surface area contributed by atoms with Gasteiger partial charge in [0.25, 0.3) is 5.89 Å². The van der Waals surface area contributed by atoms with Gasteiger partial charge in [0, 0.05) is 52.7 Å². The maximum Gasteiger partial charge on any atom is 0.324 e. The maximum atomic E-state index is 13.4. The lowest BCUT2D eigenvalue weighted by atomic mass is 10.1. The van der Waals surface area contributed by atoms with Crippen LogP contribution >= 0.6 is 0 Å². The Morgan fingerprint density at radius 2 is 1.91 bits per heavy atom. The quantitative estimate of drug-likeness (QED) is 0.537. The minimum absolute atomic E-state index is 0.00102. The number of carbonyl (C=O) groups is 1. The van der Waals surface area contributed by atoms with Crippen LogP contribution < -0.4 is 9.64 Å². The van der Waals surface area contributed by atoms with Gasteiger partial charge in [-0.25, -0.2) is 4.79 Å². The first-order valence-electron chi connectivity index (χ1n) is 10.2. The normalized spacial score (nSPS) is 14.5. The van der Waals surface area contributed by atoms with Crippen LogP contribution in [-0.4, -0.2) is 57.0 Å². The number of urea groups is 1. The Morgan fingerprint density at radius 1 is 1.18 bits per heavy atom. The van der Waals surface area contributed by atoms with Crippen LogP contribution in [0.4, 0.5) is 19.3 Å². The Balaban J connectivity index is 1.57. The van der Waals surface area contributed by atoms with Crippen molar-refractivity contribution in [3.05, 3.63) is 60.0 Å². The summed E-state index contributed by atoms with van der Waals surface area (Å²) >= 11 is 0. The molecule has 8 nitrogen and oxygen atoms in total. The number of nitrogens with zero attached hydrogens (tertiary/aromatic N) is 4. The number of carbonyl (C=O) groups excluding carboxylic acids is 1. The average Bonchev–Trinajstić information content (AvgIpc) is 3.34. The zero-order chi connectivity index (χ0) is 23.4. The molecule has 0 atom stereocenters. The summed E-state index contributed by atoms with van der Waals surface area (Å²) in [4.78, 5) is 16.7. The van der Waals surface area contributed by atoms with E-state index in [0.29, 0.717) is 41.6 Å². The van der Waals surface area contributed by atoms with E-state index < -0.39 is 23.1 Å². The molecule has 2 aromatic carbocycles. The van der Waals surface area contributed by atoms with Crippen molar-refractivity contribution >= 4 is 22.5 Å². The number of ether oxygens (including phenoxy) is 1. The number of anilines is 1. The van der Waals surface area contributed by atoms with Gasteiger partial charge in [0.2, 0.25) is 5.89 Å². The predicted octanol–water partition coefficient (Wildman–Crippen LogP) is 3.87. The van der Waals surface area contributed by atoms with Gasteiger partial charge in [-0.15, -0.1) is 10.2 Å². The fraction of sp³-hybridized carbons (Fsp3) is 0.318. The summed E-state index contributed by atoms with van der Waals surface area (Å²) in [6.45, 7) is 1.11. The van der Waals surface area contributed by atoms with E-state index in [9.17, 15) is 17.8 Å². The van der Waals surface area contributed by atoms with Crippen molar-refractivity contribution in [1.82, 2.24) is 15.1 Å². The second-order valence-corrected chi connectivity index (χ2v) is 9.04. The molecule has 0 spiro atoms. The number of hydrogen-bond donors (Lipinski definition) is 0. The van der Waals surface area contributed by atoms with Gasteiger partial charge in [-0.3, -0.25) is 9.11 Å². The van der Waals surface area contributed by atoms with Gasteiger partial charge in [-0.05, 0) is 29.8 Å². The molecule has 0 unspecified atom stereocenters. The fourth-order valence-corrected chi connectivity index (χ4v) is 4.47. The first-order valence-corrected chi connectivity index (χ1v) is 11.7. The smallest absolute Gasteiger partial charge is 0.324 e. The Morgan fingerprint density at radius 3 is 2.55 bits per heavy atom. The zero-order valence-corrected chi connectivity index (χ0v) is 18.6.